The van der Waals surface area contributed by atoms with Gasteiger partial charge in [0.15, 0.2) is 0 Å². The maximum absolute atomic E-state index is 12.4. The van der Waals surface area contributed by atoms with Crippen molar-refractivity contribution in [3.8, 4) is 0 Å². The Morgan fingerprint density at radius 2 is 1.56 bits per heavy atom. The highest BCUT2D eigenvalue weighted by Crippen LogP contribution is 2.26. The average molecular weight is 429 g/mol. The molecule has 2 N–H and O–H groups in total. The maximum Gasteiger partial charge on any atom is 0.261 e. The fourth-order valence-corrected chi connectivity index (χ4v) is 4.01. The van der Waals surface area contributed by atoms with Gasteiger partial charge in [-0.05, 0) is 54.8 Å². The Balaban J connectivity index is 2.06. The Bertz CT molecular complexity index is 913. The van der Waals surface area contributed by atoms with Crippen LogP contribution in [0.3, 0.4) is 0 Å². The first-order chi connectivity index (χ1) is 12.6. The van der Waals surface area contributed by atoms with Gasteiger partial charge in [0, 0.05) is 17.3 Å². The third-order valence-corrected chi connectivity index (χ3v) is 6.00. The number of hydrogen-bond donors (Lipinski definition) is 2. The van der Waals surface area contributed by atoms with E-state index in [1.54, 1.807) is 24.3 Å². The van der Waals surface area contributed by atoms with Crippen LogP contribution in [-0.4, -0.2) is 14.3 Å². The van der Waals surface area contributed by atoms with Crippen LogP contribution in [0.4, 0.5) is 11.4 Å². The second-order valence-electron chi connectivity index (χ2n) is 6.78. The highest BCUT2D eigenvalue weighted by molar-refractivity contribution is 7.92. The first-order valence-electron chi connectivity index (χ1n) is 8.47. The molecule has 0 radical (unpaired) electrons. The molecule has 146 valence electrons. The van der Waals surface area contributed by atoms with E-state index in [1.165, 1.54) is 18.2 Å². The molecule has 0 bridgehead atoms. The van der Waals surface area contributed by atoms with Crippen molar-refractivity contribution in [3.63, 3.8) is 0 Å². The topological polar surface area (TPSA) is 75.3 Å². The highest BCUT2D eigenvalue weighted by Gasteiger charge is 2.17. The van der Waals surface area contributed by atoms with Gasteiger partial charge in [0.1, 0.15) is 0 Å². The monoisotopic (exact) mass is 428 g/mol. The first-order valence-corrected chi connectivity index (χ1v) is 10.7. The Kier molecular flexibility index (Phi) is 7.14. The van der Waals surface area contributed by atoms with Crippen LogP contribution >= 0.6 is 23.2 Å². The number of rotatable bonds is 7. The molecule has 0 aliphatic rings. The van der Waals surface area contributed by atoms with Crippen molar-refractivity contribution < 1.29 is 13.2 Å². The van der Waals surface area contributed by atoms with E-state index in [1.807, 2.05) is 6.92 Å². The van der Waals surface area contributed by atoms with Crippen molar-refractivity contribution in [2.24, 2.45) is 11.8 Å². The van der Waals surface area contributed by atoms with Crippen molar-refractivity contribution in [2.75, 3.05) is 10.0 Å². The molecule has 8 heteroatoms. The SMILES string of the molecule is CC(C)CC(C)C(=O)Nc1ccc(NS(=O)(=O)c2ccc(Cl)c(Cl)c2)cc1. The molecule has 0 aromatic heterocycles. The van der Waals surface area contributed by atoms with Crippen molar-refractivity contribution in [1.29, 1.82) is 0 Å². The molecule has 0 aliphatic heterocycles. The molecule has 2 rings (SSSR count). The van der Waals surface area contributed by atoms with E-state index in [4.69, 9.17) is 23.2 Å². The lowest BCUT2D eigenvalue weighted by Gasteiger charge is -2.14. The number of halogens is 2. The number of amides is 1. The van der Waals surface area contributed by atoms with Crippen LogP contribution < -0.4 is 10.0 Å². The molecule has 5 nitrogen and oxygen atoms in total. The van der Waals surface area contributed by atoms with Crippen LogP contribution in [0.25, 0.3) is 0 Å². The summed E-state index contributed by atoms with van der Waals surface area (Å²) in [5, 5.41) is 3.27. The van der Waals surface area contributed by atoms with Crippen LogP contribution in [0.2, 0.25) is 10.0 Å². The Hall–Kier alpha value is -1.76. The van der Waals surface area contributed by atoms with Crippen molar-refractivity contribution in [2.45, 2.75) is 32.1 Å². The summed E-state index contributed by atoms with van der Waals surface area (Å²) in [7, 11) is -3.80. The number of carbonyl (C=O) groups excluding carboxylic acids is 1. The van der Waals surface area contributed by atoms with Crippen LogP contribution in [0, 0.1) is 11.8 Å². The number of carbonyl (C=O) groups is 1. The molecule has 2 aromatic rings. The van der Waals surface area contributed by atoms with E-state index >= 15 is 0 Å². The molecule has 1 atom stereocenters. The maximum atomic E-state index is 12.4. The van der Waals surface area contributed by atoms with Gasteiger partial charge in [0.25, 0.3) is 10.0 Å². The summed E-state index contributed by atoms with van der Waals surface area (Å²) in [4.78, 5) is 12.2. The molecule has 1 amide bonds. The van der Waals surface area contributed by atoms with E-state index in [-0.39, 0.29) is 26.8 Å². The predicted octanol–water partition coefficient (Wildman–Crippen LogP) is 5.41. The summed E-state index contributed by atoms with van der Waals surface area (Å²) in [6, 6.07) is 10.5. The van der Waals surface area contributed by atoms with Gasteiger partial charge in [0.2, 0.25) is 5.91 Å². The van der Waals surface area contributed by atoms with Crippen LogP contribution in [0.1, 0.15) is 27.2 Å². The van der Waals surface area contributed by atoms with E-state index in [0.29, 0.717) is 17.3 Å². The van der Waals surface area contributed by atoms with Gasteiger partial charge in [-0.1, -0.05) is 44.0 Å². The lowest BCUT2D eigenvalue weighted by Crippen LogP contribution is -2.21. The minimum atomic E-state index is -3.80. The Labute approximate surface area is 170 Å². The number of benzene rings is 2. The molecule has 1 unspecified atom stereocenters. The Morgan fingerprint density at radius 3 is 2.11 bits per heavy atom. The molecular weight excluding hydrogens is 407 g/mol. The van der Waals surface area contributed by atoms with E-state index in [9.17, 15) is 13.2 Å². The average Bonchev–Trinajstić information content (AvgIpc) is 2.58. The van der Waals surface area contributed by atoms with Gasteiger partial charge in [-0.2, -0.15) is 0 Å². The summed E-state index contributed by atoms with van der Waals surface area (Å²) in [5.41, 5.74) is 0.974. The Morgan fingerprint density at radius 1 is 0.963 bits per heavy atom. The zero-order chi connectivity index (χ0) is 20.2. The summed E-state index contributed by atoms with van der Waals surface area (Å²) in [6.07, 6.45) is 0.799. The van der Waals surface area contributed by atoms with Crippen LogP contribution in [0.15, 0.2) is 47.4 Å². The normalized spacial score (nSPS) is 12.7. The fraction of sp³-hybridized carbons (Fsp3) is 0.316. The van der Waals surface area contributed by atoms with E-state index in [0.717, 1.165) is 6.42 Å². The summed E-state index contributed by atoms with van der Waals surface area (Å²) in [5.74, 6) is 0.273. The third kappa shape index (κ3) is 6.13. The number of hydrogen-bond acceptors (Lipinski definition) is 3. The fourth-order valence-electron chi connectivity index (χ4n) is 2.56. The first kappa shape index (κ1) is 21.5. The minimum absolute atomic E-state index is 0.0109. The predicted molar refractivity (Wildman–Crippen MR) is 111 cm³/mol. The largest absolute Gasteiger partial charge is 0.326 e. The van der Waals surface area contributed by atoms with Crippen LogP contribution in [-0.2, 0) is 14.8 Å². The molecule has 27 heavy (non-hydrogen) atoms. The van der Waals surface area contributed by atoms with Crippen LogP contribution in [0.5, 0.6) is 0 Å². The van der Waals surface area contributed by atoms with E-state index < -0.39 is 10.0 Å². The lowest BCUT2D eigenvalue weighted by molar-refractivity contribution is -0.119. The molecule has 0 spiro atoms. The van der Waals surface area contributed by atoms with Gasteiger partial charge in [0.05, 0.1) is 14.9 Å². The molecule has 0 fully saturated rings. The van der Waals surface area contributed by atoms with E-state index in [2.05, 4.69) is 23.9 Å². The smallest absolute Gasteiger partial charge is 0.261 e. The van der Waals surface area contributed by atoms with Gasteiger partial charge in [-0.3, -0.25) is 9.52 Å². The zero-order valence-corrected chi connectivity index (χ0v) is 17.6. The van der Waals surface area contributed by atoms with Gasteiger partial charge in [-0.25, -0.2) is 8.42 Å². The second kappa shape index (κ2) is 8.95. The van der Waals surface area contributed by atoms with Crippen molar-refractivity contribution in [3.05, 3.63) is 52.5 Å². The summed E-state index contributed by atoms with van der Waals surface area (Å²) >= 11 is 11.7. The summed E-state index contributed by atoms with van der Waals surface area (Å²) < 4.78 is 27.3. The number of nitrogens with one attached hydrogen (secondary N) is 2. The van der Waals surface area contributed by atoms with Gasteiger partial charge >= 0.3 is 0 Å². The van der Waals surface area contributed by atoms with Gasteiger partial charge < -0.3 is 5.32 Å². The van der Waals surface area contributed by atoms with Crippen molar-refractivity contribution >= 4 is 50.5 Å². The third-order valence-electron chi connectivity index (χ3n) is 3.88. The minimum Gasteiger partial charge on any atom is -0.326 e. The lowest BCUT2D eigenvalue weighted by atomic mass is 9.98. The quantitative estimate of drug-likeness (QED) is 0.618. The molecule has 2 aromatic carbocycles. The molecule has 0 saturated heterocycles. The number of anilines is 2. The molecule has 0 heterocycles. The highest BCUT2D eigenvalue weighted by atomic mass is 35.5. The second-order valence-corrected chi connectivity index (χ2v) is 9.28. The molecule has 0 aliphatic carbocycles. The summed E-state index contributed by atoms with van der Waals surface area (Å²) in [6.45, 7) is 6.02. The standard InChI is InChI=1S/C19H22Cl2N2O3S/c1-12(2)10-13(3)19(24)22-14-4-6-15(7-5-14)23-27(25,26)16-8-9-17(20)18(21)11-16/h4-9,11-13,23H,10H2,1-3H3,(H,22,24). The van der Waals surface area contributed by atoms with Gasteiger partial charge in [-0.15, -0.1) is 0 Å². The number of sulfonamides is 1. The van der Waals surface area contributed by atoms with Crippen molar-refractivity contribution in [1.82, 2.24) is 0 Å². The molecular formula is C19H22Cl2N2O3S. The zero-order valence-electron chi connectivity index (χ0n) is 15.3. The molecule has 0 saturated carbocycles.